The van der Waals surface area contributed by atoms with E-state index in [2.05, 4.69) is 10.2 Å². The molecule has 5 nitrogen and oxygen atoms in total. The molecule has 112 valence electrons. The molecule has 1 aliphatic carbocycles. The second-order valence-electron chi connectivity index (χ2n) is 5.12. The predicted octanol–water partition coefficient (Wildman–Crippen LogP) is 3.48. The quantitative estimate of drug-likeness (QED) is 0.377. The normalized spacial score (nSPS) is 15.9. The van der Waals surface area contributed by atoms with Gasteiger partial charge in [0.15, 0.2) is 0 Å². The van der Waals surface area contributed by atoms with Crippen LogP contribution in [0.2, 0.25) is 0 Å². The third-order valence-corrected chi connectivity index (χ3v) is 3.10. The van der Waals surface area contributed by atoms with E-state index in [1.165, 1.54) is 0 Å². The summed E-state index contributed by atoms with van der Waals surface area (Å²) < 4.78 is 4.92. The van der Waals surface area contributed by atoms with E-state index in [1.807, 2.05) is 31.2 Å². The van der Waals surface area contributed by atoms with E-state index in [-0.39, 0.29) is 30.5 Å². The number of azo groups is 1. The molecule has 21 heavy (non-hydrogen) atoms. The minimum atomic E-state index is -0.633. The molecule has 1 N–H and O–H groups in total. The third-order valence-electron chi connectivity index (χ3n) is 3.10. The van der Waals surface area contributed by atoms with Gasteiger partial charge in [0.05, 0.1) is 12.6 Å². The molecule has 1 saturated carbocycles. The maximum atomic E-state index is 11.9. The van der Waals surface area contributed by atoms with E-state index in [4.69, 9.17) is 4.74 Å². The maximum Gasteiger partial charge on any atom is 0.362 e. The van der Waals surface area contributed by atoms with Crippen LogP contribution < -0.4 is 0 Å². The highest BCUT2D eigenvalue weighted by molar-refractivity contribution is 5.88. The number of rotatable bonds is 6. The van der Waals surface area contributed by atoms with Gasteiger partial charge < -0.3 is 9.84 Å². The van der Waals surface area contributed by atoms with E-state index in [1.54, 1.807) is 6.92 Å². The van der Waals surface area contributed by atoms with Gasteiger partial charge in [-0.2, -0.15) is 5.11 Å². The molecule has 0 aliphatic heterocycles. The Morgan fingerprint density at radius 2 is 2.00 bits per heavy atom. The SMILES string of the molecule is CCOC(=O)/C(N=NC1CC1)=C(\O)Cc1ccc(C)cc1. The number of benzene rings is 1. The monoisotopic (exact) mass is 288 g/mol. The lowest BCUT2D eigenvalue weighted by atomic mass is 10.1. The molecule has 1 aromatic rings. The van der Waals surface area contributed by atoms with Crippen molar-refractivity contribution in [1.29, 1.82) is 0 Å². The first-order valence-electron chi connectivity index (χ1n) is 7.15. The summed E-state index contributed by atoms with van der Waals surface area (Å²) in [5, 5.41) is 18.1. The minimum absolute atomic E-state index is 0.0932. The maximum absolute atomic E-state index is 11.9. The molecule has 0 spiro atoms. The second kappa shape index (κ2) is 7.02. The number of esters is 1. The highest BCUT2D eigenvalue weighted by atomic mass is 16.5. The summed E-state index contributed by atoms with van der Waals surface area (Å²) in [5.74, 6) is -0.742. The van der Waals surface area contributed by atoms with Gasteiger partial charge in [0.25, 0.3) is 0 Å². The largest absolute Gasteiger partial charge is 0.509 e. The lowest BCUT2D eigenvalue weighted by molar-refractivity contribution is -0.138. The summed E-state index contributed by atoms with van der Waals surface area (Å²) in [6.45, 7) is 3.94. The summed E-state index contributed by atoms with van der Waals surface area (Å²) >= 11 is 0. The van der Waals surface area contributed by atoms with Crippen molar-refractivity contribution < 1.29 is 14.6 Å². The molecule has 0 heterocycles. The number of carbonyl (C=O) groups excluding carboxylic acids is 1. The zero-order valence-corrected chi connectivity index (χ0v) is 12.4. The van der Waals surface area contributed by atoms with Crippen molar-refractivity contribution in [3.05, 3.63) is 46.8 Å². The first kappa shape index (κ1) is 15.2. The lowest BCUT2D eigenvalue weighted by Crippen LogP contribution is -2.10. The minimum Gasteiger partial charge on any atom is -0.509 e. The van der Waals surface area contributed by atoms with Crippen LogP contribution in [0.4, 0.5) is 0 Å². The van der Waals surface area contributed by atoms with E-state index >= 15 is 0 Å². The van der Waals surface area contributed by atoms with E-state index in [9.17, 15) is 9.90 Å². The van der Waals surface area contributed by atoms with Crippen LogP contribution in [0.5, 0.6) is 0 Å². The van der Waals surface area contributed by atoms with Crippen molar-refractivity contribution in [3.8, 4) is 0 Å². The van der Waals surface area contributed by atoms with Crippen LogP contribution in [0.3, 0.4) is 0 Å². The molecule has 5 heteroatoms. The predicted molar refractivity (Wildman–Crippen MR) is 79.0 cm³/mol. The van der Waals surface area contributed by atoms with Crippen molar-refractivity contribution >= 4 is 5.97 Å². The molecule has 1 aliphatic rings. The van der Waals surface area contributed by atoms with Crippen molar-refractivity contribution in [1.82, 2.24) is 0 Å². The van der Waals surface area contributed by atoms with Gasteiger partial charge in [-0.25, -0.2) is 4.79 Å². The van der Waals surface area contributed by atoms with Crippen LogP contribution in [-0.4, -0.2) is 23.7 Å². The average molecular weight is 288 g/mol. The molecule has 1 fully saturated rings. The molecular weight excluding hydrogens is 268 g/mol. The number of aliphatic hydroxyl groups excluding tert-OH is 1. The number of hydrogen-bond acceptors (Lipinski definition) is 5. The molecule has 0 radical (unpaired) electrons. The molecule has 0 amide bonds. The van der Waals surface area contributed by atoms with Crippen molar-refractivity contribution in [3.63, 3.8) is 0 Å². The molecule has 1 aromatic carbocycles. The Morgan fingerprint density at radius 1 is 1.33 bits per heavy atom. The topological polar surface area (TPSA) is 71.2 Å². The van der Waals surface area contributed by atoms with Crippen molar-refractivity contribution in [2.24, 2.45) is 10.2 Å². The van der Waals surface area contributed by atoms with Gasteiger partial charge in [0.2, 0.25) is 5.70 Å². The Hall–Kier alpha value is -2.17. The highest BCUT2D eigenvalue weighted by Crippen LogP contribution is 2.25. The number of ether oxygens (including phenoxy) is 1. The van der Waals surface area contributed by atoms with Crippen molar-refractivity contribution in [2.45, 2.75) is 39.2 Å². The highest BCUT2D eigenvalue weighted by Gasteiger charge is 2.23. The molecule has 0 bridgehead atoms. The summed E-state index contributed by atoms with van der Waals surface area (Å²) in [5.41, 5.74) is 1.95. The summed E-state index contributed by atoms with van der Waals surface area (Å²) in [4.78, 5) is 11.9. The summed E-state index contributed by atoms with van der Waals surface area (Å²) in [7, 11) is 0. The van der Waals surface area contributed by atoms with Crippen LogP contribution >= 0.6 is 0 Å². The van der Waals surface area contributed by atoms with Crippen LogP contribution in [0.1, 0.15) is 30.9 Å². The van der Waals surface area contributed by atoms with Crippen LogP contribution in [0.15, 0.2) is 46.0 Å². The standard InChI is InChI=1S/C16H20N2O3/c1-3-21-16(20)15(18-17-13-8-9-13)14(19)10-12-6-4-11(2)5-7-12/h4-7,13,19H,3,8-10H2,1-2H3/b15-14+,18-17?. The van der Waals surface area contributed by atoms with E-state index < -0.39 is 5.97 Å². The number of allylic oxidation sites excluding steroid dienone is 1. The Labute approximate surface area is 124 Å². The first-order chi connectivity index (χ1) is 10.1. The van der Waals surface area contributed by atoms with Crippen LogP contribution in [-0.2, 0) is 16.0 Å². The third kappa shape index (κ3) is 4.70. The molecular formula is C16H20N2O3. The fourth-order valence-electron chi connectivity index (χ4n) is 1.73. The second-order valence-corrected chi connectivity index (χ2v) is 5.12. The number of aryl methyl sites for hydroxylation is 1. The smallest absolute Gasteiger partial charge is 0.362 e. The van der Waals surface area contributed by atoms with E-state index in [0.29, 0.717) is 0 Å². The van der Waals surface area contributed by atoms with Gasteiger partial charge in [0, 0.05) is 6.42 Å². The zero-order chi connectivity index (χ0) is 15.2. The average Bonchev–Trinajstić information content (AvgIpc) is 3.26. The zero-order valence-electron chi connectivity index (χ0n) is 12.4. The Balaban J connectivity index is 2.17. The number of hydrogen-bond donors (Lipinski definition) is 1. The molecule has 0 unspecified atom stereocenters. The molecule has 0 aromatic heterocycles. The Kier molecular flexibility index (Phi) is 5.09. The molecule has 0 atom stereocenters. The Morgan fingerprint density at radius 3 is 2.57 bits per heavy atom. The van der Waals surface area contributed by atoms with Gasteiger partial charge in [0.1, 0.15) is 5.76 Å². The number of nitrogens with zero attached hydrogens (tertiary/aromatic N) is 2. The Bertz CT molecular complexity index is 557. The van der Waals surface area contributed by atoms with Gasteiger partial charge >= 0.3 is 5.97 Å². The number of aliphatic hydroxyl groups is 1. The van der Waals surface area contributed by atoms with Gasteiger partial charge in [-0.1, -0.05) is 29.8 Å². The fourth-order valence-corrected chi connectivity index (χ4v) is 1.73. The van der Waals surface area contributed by atoms with Gasteiger partial charge in [-0.3, -0.25) is 0 Å². The molecule has 0 saturated heterocycles. The van der Waals surface area contributed by atoms with Gasteiger partial charge in [-0.05, 0) is 32.3 Å². The summed E-state index contributed by atoms with van der Waals surface area (Å²) in [6.07, 6.45) is 2.20. The number of carbonyl (C=O) groups is 1. The fraction of sp³-hybridized carbons (Fsp3) is 0.438. The van der Waals surface area contributed by atoms with Crippen LogP contribution in [0.25, 0.3) is 0 Å². The lowest BCUT2D eigenvalue weighted by Gasteiger charge is -2.06. The van der Waals surface area contributed by atoms with Gasteiger partial charge in [-0.15, -0.1) is 5.11 Å². The summed E-state index contributed by atoms with van der Waals surface area (Å²) in [6, 6.07) is 7.91. The van der Waals surface area contributed by atoms with Crippen LogP contribution in [0, 0.1) is 6.92 Å². The van der Waals surface area contributed by atoms with Crippen molar-refractivity contribution in [2.75, 3.05) is 6.61 Å². The van der Waals surface area contributed by atoms with E-state index in [0.717, 1.165) is 24.0 Å². The molecule has 2 rings (SSSR count). The first-order valence-corrected chi connectivity index (χ1v) is 7.15.